The number of ether oxygens (including phenoxy) is 2. The van der Waals surface area contributed by atoms with Gasteiger partial charge < -0.3 is 30.1 Å². The van der Waals surface area contributed by atoms with Gasteiger partial charge in [0.05, 0.1) is 25.2 Å². The smallest absolute Gasteiger partial charge is 0.315 e. The van der Waals surface area contributed by atoms with Gasteiger partial charge in [-0.3, -0.25) is 4.79 Å². The summed E-state index contributed by atoms with van der Waals surface area (Å²) in [5.41, 5.74) is 0. The lowest BCUT2D eigenvalue weighted by molar-refractivity contribution is -0.135. The maximum atomic E-state index is 13.3. The van der Waals surface area contributed by atoms with Gasteiger partial charge in [0.15, 0.2) is 0 Å². The maximum Gasteiger partial charge on any atom is 0.315 e. The largest absolute Gasteiger partial charge is 0.388 e. The second kappa shape index (κ2) is 8.92. The highest BCUT2D eigenvalue weighted by Crippen LogP contribution is 2.36. The van der Waals surface area contributed by atoms with E-state index >= 15 is 0 Å². The molecule has 3 saturated heterocycles. The molecule has 0 aromatic rings. The molecule has 3 amide bonds. The summed E-state index contributed by atoms with van der Waals surface area (Å²) in [4.78, 5) is 25.5. The molecule has 0 spiro atoms. The highest BCUT2D eigenvalue weighted by Gasteiger charge is 2.51. The van der Waals surface area contributed by atoms with Crippen molar-refractivity contribution in [1.82, 2.24) is 15.5 Å². The summed E-state index contributed by atoms with van der Waals surface area (Å²) >= 11 is 0. The highest BCUT2D eigenvalue weighted by atomic mass is 19.3. The number of nitrogens with one attached hydrogen (secondary N) is 2. The molecule has 4 aliphatic rings. The van der Waals surface area contributed by atoms with Crippen molar-refractivity contribution in [3.8, 4) is 0 Å². The van der Waals surface area contributed by atoms with Crippen molar-refractivity contribution < 1.29 is 33.0 Å². The average Bonchev–Trinajstić information content (AvgIpc) is 3.35. The van der Waals surface area contributed by atoms with Crippen LogP contribution in [0, 0.1) is 0 Å². The molecular weight excluding hydrogens is 400 g/mol. The van der Waals surface area contributed by atoms with Crippen LogP contribution in [0.1, 0.15) is 51.4 Å². The average molecular weight is 431 g/mol. The van der Waals surface area contributed by atoms with Gasteiger partial charge in [-0.2, -0.15) is 0 Å². The molecule has 4 fully saturated rings. The Hall–Kier alpha value is -1.52. The topological polar surface area (TPSA) is 100 Å². The Kier molecular flexibility index (Phi) is 6.45. The number of amides is 3. The molecule has 1 saturated carbocycles. The van der Waals surface area contributed by atoms with Gasteiger partial charge in [-0.1, -0.05) is 19.3 Å². The number of urea groups is 1. The van der Waals surface area contributed by atoms with Crippen LogP contribution in [-0.4, -0.2) is 84.1 Å². The SMILES string of the molecule is O=C(NC[C@H]1O[C@@H]2C[C@@H](CC(=O)N3CCC(F)(F)C3)O[C@@H]2[C@@H]1O)NC1CCCCC1. The molecule has 0 aromatic heterocycles. The quantitative estimate of drug-likeness (QED) is 0.607. The number of rotatable bonds is 5. The van der Waals surface area contributed by atoms with Crippen molar-refractivity contribution in [2.75, 3.05) is 19.6 Å². The first kappa shape index (κ1) is 21.7. The fraction of sp³-hybridized carbons (Fsp3) is 0.900. The standard InChI is InChI=1S/C20H31F2N3O5/c21-20(22)6-7-25(11-20)16(26)9-13-8-14-18(29-13)17(27)15(30-14)10-23-19(28)24-12-4-2-1-3-5-12/h12-15,17-18,27H,1-11H2,(H2,23,24,28)/t13-,14+,15+,17+,18-/m0/s1. The Balaban J connectivity index is 1.18. The Morgan fingerprint density at radius 1 is 1.17 bits per heavy atom. The first-order chi connectivity index (χ1) is 14.3. The van der Waals surface area contributed by atoms with E-state index < -0.39 is 36.9 Å². The number of nitrogens with zero attached hydrogens (tertiary/aromatic N) is 1. The number of hydrogen-bond acceptors (Lipinski definition) is 5. The Bertz CT molecular complexity index is 646. The minimum atomic E-state index is -2.81. The molecule has 8 nitrogen and oxygen atoms in total. The second-order valence-corrected chi connectivity index (χ2v) is 8.98. The molecule has 4 rings (SSSR count). The third kappa shape index (κ3) is 5.03. The van der Waals surface area contributed by atoms with Gasteiger partial charge in [-0.05, 0) is 12.8 Å². The normalized spacial score (nSPS) is 36.0. The third-order valence-electron chi connectivity index (χ3n) is 6.61. The van der Waals surface area contributed by atoms with Gasteiger partial charge in [-0.15, -0.1) is 0 Å². The summed E-state index contributed by atoms with van der Waals surface area (Å²) in [6, 6.07) is -0.0636. The number of aliphatic hydroxyl groups is 1. The van der Waals surface area contributed by atoms with Crippen molar-refractivity contribution in [2.24, 2.45) is 0 Å². The molecular formula is C20H31F2N3O5. The number of carbonyl (C=O) groups excluding carboxylic acids is 2. The summed E-state index contributed by atoms with van der Waals surface area (Å²) in [6.07, 6.45) is 2.66. The van der Waals surface area contributed by atoms with E-state index in [-0.39, 0.29) is 50.0 Å². The molecule has 10 heteroatoms. The second-order valence-electron chi connectivity index (χ2n) is 8.98. The minimum Gasteiger partial charge on any atom is -0.388 e. The van der Waals surface area contributed by atoms with Crippen LogP contribution in [0.25, 0.3) is 0 Å². The molecule has 0 unspecified atom stereocenters. The van der Waals surface area contributed by atoms with E-state index in [4.69, 9.17) is 9.47 Å². The predicted molar refractivity (Wildman–Crippen MR) is 102 cm³/mol. The monoisotopic (exact) mass is 431 g/mol. The number of fused-ring (bicyclic) bond motifs is 1. The first-order valence-corrected chi connectivity index (χ1v) is 11.0. The van der Waals surface area contributed by atoms with Crippen molar-refractivity contribution in [3.63, 3.8) is 0 Å². The zero-order chi connectivity index (χ0) is 21.3. The summed E-state index contributed by atoms with van der Waals surface area (Å²) < 4.78 is 38.2. The Labute approximate surface area is 174 Å². The molecule has 0 aromatic carbocycles. The lowest BCUT2D eigenvalue weighted by Crippen LogP contribution is -2.47. The van der Waals surface area contributed by atoms with Crippen LogP contribution in [-0.2, 0) is 14.3 Å². The molecule has 30 heavy (non-hydrogen) atoms. The lowest BCUT2D eigenvalue weighted by Gasteiger charge is -2.24. The molecule has 1 aliphatic carbocycles. The van der Waals surface area contributed by atoms with E-state index in [1.54, 1.807) is 0 Å². The van der Waals surface area contributed by atoms with Crippen LogP contribution in [0.15, 0.2) is 0 Å². The number of halogens is 2. The van der Waals surface area contributed by atoms with Gasteiger partial charge in [0, 0.05) is 32.0 Å². The van der Waals surface area contributed by atoms with Gasteiger partial charge in [0.25, 0.3) is 5.92 Å². The fourth-order valence-corrected chi connectivity index (χ4v) is 4.96. The molecule has 0 radical (unpaired) electrons. The number of alkyl halides is 2. The van der Waals surface area contributed by atoms with E-state index in [1.807, 2.05) is 0 Å². The molecule has 3 aliphatic heterocycles. The van der Waals surface area contributed by atoms with Crippen molar-refractivity contribution in [3.05, 3.63) is 0 Å². The molecule has 170 valence electrons. The van der Waals surface area contributed by atoms with Crippen LogP contribution in [0.4, 0.5) is 13.6 Å². The van der Waals surface area contributed by atoms with Gasteiger partial charge in [0.1, 0.15) is 18.3 Å². The predicted octanol–water partition coefficient (Wildman–Crippen LogP) is 1.16. The molecule has 3 N–H and O–H groups in total. The van der Waals surface area contributed by atoms with E-state index in [0.717, 1.165) is 25.7 Å². The Morgan fingerprint density at radius 3 is 2.60 bits per heavy atom. The van der Waals surface area contributed by atoms with Gasteiger partial charge in [-0.25, -0.2) is 13.6 Å². The number of likely N-dealkylation sites (tertiary alicyclic amines) is 1. The van der Waals surface area contributed by atoms with Crippen molar-refractivity contribution >= 4 is 11.9 Å². The lowest BCUT2D eigenvalue weighted by atomic mass is 9.96. The number of carbonyl (C=O) groups is 2. The zero-order valence-electron chi connectivity index (χ0n) is 17.0. The molecule has 0 bridgehead atoms. The molecule has 5 atom stereocenters. The van der Waals surface area contributed by atoms with Crippen LogP contribution >= 0.6 is 0 Å². The first-order valence-electron chi connectivity index (χ1n) is 11.0. The van der Waals surface area contributed by atoms with E-state index in [0.29, 0.717) is 6.42 Å². The maximum absolute atomic E-state index is 13.3. The summed E-state index contributed by atoms with van der Waals surface area (Å²) in [7, 11) is 0. The van der Waals surface area contributed by atoms with Crippen LogP contribution in [0.5, 0.6) is 0 Å². The molecule has 3 heterocycles. The minimum absolute atomic E-state index is 0.00582. The van der Waals surface area contributed by atoms with Gasteiger partial charge >= 0.3 is 6.03 Å². The number of hydrogen-bond donors (Lipinski definition) is 3. The van der Waals surface area contributed by atoms with E-state index in [1.165, 1.54) is 11.3 Å². The van der Waals surface area contributed by atoms with E-state index in [2.05, 4.69) is 10.6 Å². The third-order valence-corrected chi connectivity index (χ3v) is 6.61. The Morgan fingerprint density at radius 2 is 1.93 bits per heavy atom. The van der Waals surface area contributed by atoms with Gasteiger partial charge in [0.2, 0.25) is 5.91 Å². The van der Waals surface area contributed by atoms with Crippen molar-refractivity contribution in [1.29, 1.82) is 0 Å². The highest BCUT2D eigenvalue weighted by molar-refractivity contribution is 5.77. The zero-order valence-corrected chi connectivity index (χ0v) is 17.0. The summed E-state index contributed by atoms with van der Waals surface area (Å²) in [5.74, 6) is -3.17. The van der Waals surface area contributed by atoms with Crippen LogP contribution < -0.4 is 10.6 Å². The number of aliphatic hydroxyl groups excluding tert-OH is 1. The van der Waals surface area contributed by atoms with Crippen LogP contribution in [0.3, 0.4) is 0 Å². The summed E-state index contributed by atoms with van der Waals surface area (Å²) in [6.45, 7) is -0.315. The summed E-state index contributed by atoms with van der Waals surface area (Å²) in [5, 5.41) is 16.2. The fourth-order valence-electron chi connectivity index (χ4n) is 4.96. The van der Waals surface area contributed by atoms with Crippen molar-refractivity contribution in [2.45, 2.75) is 93.9 Å². The van der Waals surface area contributed by atoms with E-state index in [9.17, 15) is 23.5 Å². The van der Waals surface area contributed by atoms with Crippen LogP contribution in [0.2, 0.25) is 0 Å².